The first-order chi connectivity index (χ1) is 16.2. The number of rotatable bonds is 6. The number of pyridine rings is 1. The van der Waals surface area contributed by atoms with E-state index in [1.165, 1.54) is 12.8 Å². The van der Waals surface area contributed by atoms with Crippen molar-refractivity contribution in [2.24, 2.45) is 0 Å². The SMILES string of the molecule is O=C(NCc1ccnc(N2CCCC2)c1)c1ccccc1C(=O)c1ccc2c(c1)OCCO2. The Hall–Kier alpha value is -3.87. The average Bonchev–Trinajstić information content (AvgIpc) is 3.42. The minimum Gasteiger partial charge on any atom is -0.486 e. The molecule has 1 fully saturated rings. The molecule has 3 aromatic rings. The van der Waals surface area contributed by atoms with Crippen molar-refractivity contribution in [1.82, 2.24) is 10.3 Å². The van der Waals surface area contributed by atoms with Crippen molar-refractivity contribution in [2.75, 3.05) is 31.2 Å². The summed E-state index contributed by atoms with van der Waals surface area (Å²) in [5.41, 5.74) is 2.10. The van der Waals surface area contributed by atoms with E-state index in [-0.39, 0.29) is 11.7 Å². The number of nitrogens with zero attached hydrogens (tertiary/aromatic N) is 2. The standard InChI is InChI=1S/C26H25N3O4/c30-25(19-7-8-22-23(16-19)33-14-13-32-22)20-5-1-2-6-21(20)26(31)28-17-18-9-10-27-24(15-18)29-11-3-4-12-29/h1-2,5-10,15-16H,3-4,11-14,17H2,(H,28,31). The fraction of sp³-hybridized carbons (Fsp3) is 0.269. The van der Waals surface area contributed by atoms with Crippen LogP contribution < -0.4 is 19.7 Å². The van der Waals surface area contributed by atoms with Crippen molar-refractivity contribution in [3.63, 3.8) is 0 Å². The fourth-order valence-electron chi connectivity index (χ4n) is 4.19. The average molecular weight is 444 g/mol. The molecule has 1 N–H and O–H groups in total. The van der Waals surface area contributed by atoms with Crippen molar-refractivity contribution < 1.29 is 19.1 Å². The van der Waals surface area contributed by atoms with E-state index in [9.17, 15) is 9.59 Å². The second-order valence-corrected chi connectivity index (χ2v) is 8.13. The number of amides is 1. The van der Waals surface area contributed by atoms with Crippen molar-refractivity contribution >= 4 is 17.5 Å². The summed E-state index contributed by atoms with van der Waals surface area (Å²) in [5, 5.41) is 2.95. The number of nitrogens with one attached hydrogen (secondary N) is 1. The number of aromatic nitrogens is 1. The number of hydrogen-bond donors (Lipinski definition) is 1. The molecule has 5 rings (SSSR count). The van der Waals surface area contributed by atoms with E-state index in [1.807, 2.05) is 12.1 Å². The van der Waals surface area contributed by atoms with Crippen LogP contribution in [0.5, 0.6) is 11.5 Å². The van der Waals surface area contributed by atoms with Gasteiger partial charge in [0.1, 0.15) is 19.0 Å². The van der Waals surface area contributed by atoms with Gasteiger partial charge in [-0.25, -0.2) is 4.98 Å². The molecular formula is C26H25N3O4. The summed E-state index contributed by atoms with van der Waals surface area (Å²) >= 11 is 0. The first kappa shape index (κ1) is 21.0. The molecule has 0 saturated carbocycles. The Balaban J connectivity index is 1.32. The Morgan fingerprint density at radius 1 is 0.909 bits per heavy atom. The van der Waals surface area contributed by atoms with Crippen LogP contribution in [0.2, 0.25) is 0 Å². The van der Waals surface area contributed by atoms with Crippen LogP contribution in [0.25, 0.3) is 0 Å². The van der Waals surface area contributed by atoms with Crippen LogP contribution in [-0.2, 0) is 6.54 Å². The van der Waals surface area contributed by atoms with E-state index >= 15 is 0 Å². The number of benzene rings is 2. The number of carbonyl (C=O) groups is 2. The maximum absolute atomic E-state index is 13.2. The van der Waals surface area contributed by atoms with Crippen molar-refractivity contribution in [3.05, 3.63) is 83.0 Å². The van der Waals surface area contributed by atoms with Crippen LogP contribution in [0.3, 0.4) is 0 Å². The Kier molecular flexibility index (Phi) is 5.93. The van der Waals surface area contributed by atoms with E-state index in [1.54, 1.807) is 48.7 Å². The Morgan fingerprint density at radius 2 is 1.67 bits per heavy atom. The fourth-order valence-corrected chi connectivity index (χ4v) is 4.19. The molecule has 3 heterocycles. The number of fused-ring (bicyclic) bond motifs is 1. The zero-order chi connectivity index (χ0) is 22.6. The van der Waals surface area contributed by atoms with E-state index in [0.29, 0.717) is 47.9 Å². The smallest absolute Gasteiger partial charge is 0.252 e. The molecule has 7 heteroatoms. The normalized spacial score (nSPS) is 14.7. The van der Waals surface area contributed by atoms with Gasteiger partial charge in [-0.1, -0.05) is 18.2 Å². The summed E-state index contributed by atoms with van der Waals surface area (Å²) in [7, 11) is 0. The third-order valence-corrected chi connectivity index (χ3v) is 5.91. The monoisotopic (exact) mass is 443 g/mol. The largest absolute Gasteiger partial charge is 0.486 e. The van der Waals surface area contributed by atoms with Gasteiger partial charge >= 0.3 is 0 Å². The maximum atomic E-state index is 13.2. The topological polar surface area (TPSA) is 80.8 Å². The number of anilines is 1. The molecular weight excluding hydrogens is 418 g/mol. The summed E-state index contributed by atoms with van der Waals surface area (Å²) in [6.45, 7) is 3.31. The van der Waals surface area contributed by atoms with Crippen molar-refractivity contribution in [1.29, 1.82) is 0 Å². The van der Waals surface area contributed by atoms with Gasteiger partial charge in [0.2, 0.25) is 0 Å². The highest BCUT2D eigenvalue weighted by Gasteiger charge is 2.21. The Labute approximate surface area is 192 Å². The molecule has 33 heavy (non-hydrogen) atoms. The van der Waals surface area contributed by atoms with Gasteiger partial charge in [-0.05, 0) is 54.8 Å². The van der Waals surface area contributed by atoms with Crippen LogP contribution in [0.1, 0.15) is 44.7 Å². The molecule has 0 unspecified atom stereocenters. The summed E-state index contributed by atoms with van der Waals surface area (Å²) in [4.78, 5) is 33.0. The molecule has 2 aliphatic rings. The summed E-state index contributed by atoms with van der Waals surface area (Å²) in [6.07, 6.45) is 4.13. The van der Waals surface area contributed by atoms with E-state index in [0.717, 1.165) is 24.5 Å². The van der Waals surface area contributed by atoms with Gasteiger partial charge in [0.25, 0.3) is 5.91 Å². The van der Waals surface area contributed by atoms with Gasteiger partial charge in [0.05, 0.1) is 5.56 Å². The first-order valence-corrected chi connectivity index (χ1v) is 11.2. The lowest BCUT2D eigenvalue weighted by Gasteiger charge is -2.19. The predicted molar refractivity (Wildman–Crippen MR) is 124 cm³/mol. The number of hydrogen-bond acceptors (Lipinski definition) is 6. The highest BCUT2D eigenvalue weighted by atomic mass is 16.6. The maximum Gasteiger partial charge on any atom is 0.252 e. The lowest BCUT2D eigenvalue weighted by molar-refractivity contribution is 0.0939. The summed E-state index contributed by atoms with van der Waals surface area (Å²) < 4.78 is 11.1. The van der Waals surface area contributed by atoms with Gasteiger partial charge in [0.15, 0.2) is 17.3 Å². The molecule has 168 valence electrons. The van der Waals surface area contributed by atoms with Crippen LogP contribution in [0.15, 0.2) is 60.8 Å². The van der Waals surface area contributed by atoms with Gasteiger partial charge in [-0.15, -0.1) is 0 Å². The van der Waals surface area contributed by atoms with Gasteiger partial charge in [0, 0.05) is 37.0 Å². The van der Waals surface area contributed by atoms with E-state index in [4.69, 9.17) is 9.47 Å². The summed E-state index contributed by atoms with van der Waals surface area (Å²) in [6, 6.07) is 15.9. The van der Waals surface area contributed by atoms with Crippen molar-refractivity contribution in [3.8, 4) is 11.5 Å². The highest BCUT2D eigenvalue weighted by Crippen LogP contribution is 2.31. The third-order valence-electron chi connectivity index (χ3n) is 5.91. The van der Waals surface area contributed by atoms with Gasteiger partial charge in [-0.3, -0.25) is 9.59 Å². The molecule has 0 bridgehead atoms. The lowest BCUT2D eigenvalue weighted by atomic mass is 9.97. The van der Waals surface area contributed by atoms with E-state index in [2.05, 4.69) is 15.2 Å². The molecule has 7 nitrogen and oxygen atoms in total. The molecule has 0 atom stereocenters. The molecule has 2 aliphatic heterocycles. The Bertz CT molecular complexity index is 1190. The van der Waals surface area contributed by atoms with Gasteiger partial charge in [-0.2, -0.15) is 0 Å². The zero-order valence-electron chi connectivity index (χ0n) is 18.3. The van der Waals surface area contributed by atoms with Crippen molar-refractivity contribution in [2.45, 2.75) is 19.4 Å². The minimum atomic E-state index is -0.295. The van der Waals surface area contributed by atoms with Gasteiger partial charge < -0.3 is 19.7 Å². The van der Waals surface area contributed by atoms with Crippen LogP contribution in [0, 0.1) is 0 Å². The molecule has 0 radical (unpaired) electrons. The predicted octanol–water partition coefficient (Wildman–Crippen LogP) is 3.61. The molecule has 0 aliphatic carbocycles. The van der Waals surface area contributed by atoms with Crippen LogP contribution in [0.4, 0.5) is 5.82 Å². The number of ketones is 1. The lowest BCUT2D eigenvalue weighted by Crippen LogP contribution is -2.25. The first-order valence-electron chi connectivity index (χ1n) is 11.2. The second kappa shape index (κ2) is 9.32. The molecule has 1 amide bonds. The Morgan fingerprint density at radius 3 is 2.48 bits per heavy atom. The molecule has 1 saturated heterocycles. The zero-order valence-corrected chi connectivity index (χ0v) is 18.3. The molecule has 2 aromatic carbocycles. The minimum absolute atomic E-state index is 0.238. The molecule has 1 aromatic heterocycles. The second-order valence-electron chi connectivity index (χ2n) is 8.13. The number of ether oxygens (including phenoxy) is 2. The summed E-state index contributed by atoms with van der Waals surface area (Å²) in [5.74, 6) is 1.57. The van der Waals surface area contributed by atoms with E-state index < -0.39 is 0 Å². The number of carbonyl (C=O) groups excluding carboxylic acids is 2. The highest BCUT2D eigenvalue weighted by molar-refractivity contribution is 6.15. The van der Waals surface area contributed by atoms with Crippen LogP contribution in [-0.4, -0.2) is 43.0 Å². The van der Waals surface area contributed by atoms with Crippen LogP contribution >= 0.6 is 0 Å². The molecule has 0 spiro atoms. The third kappa shape index (κ3) is 4.53. The quantitative estimate of drug-likeness (QED) is 0.586.